The van der Waals surface area contributed by atoms with Crippen LogP contribution in [-0.2, 0) is 0 Å². The summed E-state index contributed by atoms with van der Waals surface area (Å²) in [4.78, 5) is 9.87. The number of aliphatic hydroxyl groups excluding tert-OH is 1. The van der Waals surface area contributed by atoms with Gasteiger partial charge in [0.2, 0.25) is 0 Å². The van der Waals surface area contributed by atoms with Gasteiger partial charge in [-0.05, 0) is 12.5 Å². The summed E-state index contributed by atoms with van der Waals surface area (Å²) in [5.41, 5.74) is 0.555. The molecule has 0 bridgehead atoms. The van der Waals surface area contributed by atoms with E-state index >= 15 is 0 Å². The molecule has 1 aromatic rings. The molecule has 0 aliphatic rings. The SMILES string of the molecule is CC(O)C(C#N)c1ccc([N+](=O)[O-])cc1. The molecule has 1 rings (SSSR count). The van der Waals surface area contributed by atoms with Crippen molar-refractivity contribution in [2.45, 2.75) is 18.9 Å². The minimum absolute atomic E-state index is 0.0268. The number of nitro benzene ring substituents is 1. The highest BCUT2D eigenvalue weighted by Gasteiger charge is 2.17. The highest BCUT2D eigenvalue weighted by molar-refractivity contribution is 5.36. The highest BCUT2D eigenvalue weighted by atomic mass is 16.6. The van der Waals surface area contributed by atoms with Crippen LogP contribution in [0.5, 0.6) is 0 Å². The molecule has 15 heavy (non-hydrogen) atoms. The third kappa shape index (κ3) is 2.51. The van der Waals surface area contributed by atoms with E-state index in [2.05, 4.69) is 0 Å². The van der Waals surface area contributed by atoms with Crippen LogP contribution >= 0.6 is 0 Å². The molecule has 0 amide bonds. The van der Waals surface area contributed by atoms with Gasteiger partial charge in [-0.2, -0.15) is 5.26 Å². The van der Waals surface area contributed by atoms with E-state index in [0.717, 1.165) is 0 Å². The minimum Gasteiger partial charge on any atom is -0.392 e. The molecule has 0 aromatic heterocycles. The Kier molecular flexibility index (Phi) is 3.37. The number of nitrogens with zero attached hydrogens (tertiary/aromatic N) is 2. The lowest BCUT2D eigenvalue weighted by Gasteiger charge is -2.11. The van der Waals surface area contributed by atoms with Gasteiger partial charge in [0.1, 0.15) is 0 Å². The fourth-order valence-electron chi connectivity index (χ4n) is 1.26. The fourth-order valence-corrected chi connectivity index (χ4v) is 1.26. The molecule has 0 saturated heterocycles. The van der Waals surface area contributed by atoms with Crippen LogP contribution in [0.2, 0.25) is 0 Å². The topological polar surface area (TPSA) is 87.2 Å². The lowest BCUT2D eigenvalue weighted by molar-refractivity contribution is -0.384. The van der Waals surface area contributed by atoms with Crippen molar-refractivity contribution < 1.29 is 10.0 Å². The number of non-ortho nitro benzene ring substituents is 1. The summed E-state index contributed by atoms with van der Waals surface area (Å²) >= 11 is 0. The Balaban J connectivity index is 2.98. The molecule has 5 heteroatoms. The van der Waals surface area contributed by atoms with Crippen molar-refractivity contribution in [3.05, 3.63) is 39.9 Å². The monoisotopic (exact) mass is 206 g/mol. The molecule has 0 fully saturated rings. The standard InChI is InChI=1S/C10H10N2O3/c1-7(13)10(6-11)8-2-4-9(5-3-8)12(14)15/h2-5,7,10,13H,1H3. The van der Waals surface area contributed by atoms with Crippen molar-refractivity contribution in [1.82, 2.24) is 0 Å². The van der Waals surface area contributed by atoms with Crippen LogP contribution in [0.1, 0.15) is 18.4 Å². The van der Waals surface area contributed by atoms with Crippen LogP contribution in [-0.4, -0.2) is 16.1 Å². The van der Waals surface area contributed by atoms with Crippen LogP contribution < -0.4 is 0 Å². The van der Waals surface area contributed by atoms with Gasteiger partial charge < -0.3 is 5.11 Å². The Morgan fingerprint density at radius 1 is 1.47 bits per heavy atom. The van der Waals surface area contributed by atoms with Gasteiger partial charge in [-0.1, -0.05) is 12.1 Å². The maximum Gasteiger partial charge on any atom is 0.269 e. The Morgan fingerprint density at radius 2 is 2.00 bits per heavy atom. The molecular formula is C10H10N2O3. The molecule has 0 aliphatic carbocycles. The fraction of sp³-hybridized carbons (Fsp3) is 0.300. The summed E-state index contributed by atoms with van der Waals surface area (Å²) in [7, 11) is 0. The lowest BCUT2D eigenvalue weighted by atomic mass is 9.96. The van der Waals surface area contributed by atoms with Gasteiger partial charge in [0.05, 0.1) is 23.0 Å². The number of hydrogen-bond acceptors (Lipinski definition) is 4. The number of benzene rings is 1. The van der Waals surface area contributed by atoms with Gasteiger partial charge in [-0.25, -0.2) is 0 Å². The van der Waals surface area contributed by atoms with Crippen molar-refractivity contribution >= 4 is 5.69 Å². The molecule has 0 heterocycles. The summed E-state index contributed by atoms with van der Waals surface area (Å²) in [5.74, 6) is -0.647. The predicted molar refractivity (Wildman–Crippen MR) is 53.1 cm³/mol. The van der Waals surface area contributed by atoms with Crippen molar-refractivity contribution in [2.75, 3.05) is 0 Å². The molecule has 0 aliphatic heterocycles. The molecule has 2 atom stereocenters. The van der Waals surface area contributed by atoms with Gasteiger partial charge in [-0.3, -0.25) is 10.1 Å². The minimum atomic E-state index is -0.795. The van der Waals surface area contributed by atoms with Crippen molar-refractivity contribution in [3.8, 4) is 6.07 Å². The van der Waals surface area contributed by atoms with Crippen LogP contribution in [0.4, 0.5) is 5.69 Å². The van der Waals surface area contributed by atoms with Crippen LogP contribution in [0, 0.1) is 21.4 Å². The van der Waals surface area contributed by atoms with Crippen molar-refractivity contribution in [1.29, 1.82) is 5.26 Å². The van der Waals surface area contributed by atoms with Crippen LogP contribution in [0.3, 0.4) is 0 Å². The second-order valence-electron chi connectivity index (χ2n) is 3.20. The number of hydrogen-bond donors (Lipinski definition) is 1. The second kappa shape index (κ2) is 4.53. The quantitative estimate of drug-likeness (QED) is 0.600. The lowest BCUT2D eigenvalue weighted by Crippen LogP contribution is -2.12. The van der Waals surface area contributed by atoms with E-state index in [1.54, 1.807) is 0 Å². The molecule has 0 saturated carbocycles. The predicted octanol–water partition coefficient (Wildman–Crippen LogP) is 1.58. The molecule has 78 valence electrons. The Bertz CT molecular complexity index is 392. The zero-order chi connectivity index (χ0) is 11.4. The summed E-state index contributed by atoms with van der Waals surface area (Å²) < 4.78 is 0. The van der Waals surface area contributed by atoms with Gasteiger partial charge in [-0.15, -0.1) is 0 Å². The average Bonchev–Trinajstić information content (AvgIpc) is 2.19. The first-order valence-electron chi connectivity index (χ1n) is 4.38. The maximum atomic E-state index is 10.4. The third-order valence-electron chi connectivity index (χ3n) is 2.08. The molecule has 2 unspecified atom stereocenters. The third-order valence-corrected chi connectivity index (χ3v) is 2.08. The van der Waals surface area contributed by atoms with E-state index in [1.807, 2.05) is 6.07 Å². The van der Waals surface area contributed by atoms with Gasteiger partial charge in [0.15, 0.2) is 0 Å². The number of aliphatic hydroxyl groups is 1. The first kappa shape index (κ1) is 11.1. The van der Waals surface area contributed by atoms with Crippen LogP contribution in [0.15, 0.2) is 24.3 Å². The summed E-state index contributed by atoms with van der Waals surface area (Å²) in [5, 5.41) is 28.4. The molecule has 5 nitrogen and oxygen atoms in total. The Hall–Kier alpha value is -1.93. The van der Waals surface area contributed by atoms with E-state index in [9.17, 15) is 15.2 Å². The van der Waals surface area contributed by atoms with E-state index in [0.29, 0.717) is 5.56 Å². The molecule has 1 aromatic carbocycles. The molecule has 0 spiro atoms. The van der Waals surface area contributed by atoms with E-state index in [1.165, 1.54) is 31.2 Å². The van der Waals surface area contributed by atoms with Gasteiger partial charge in [0, 0.05) is 12.1 Å². The van der Waals surface area contributed by atoms with Crippen molar-refractivity contribution in [3.63, 3.8) is 0 Å². The van der Waals surface area contributed by atoms with Gasteiger partial charge in [0.25, 0.3) is 5.69 Å². The molecular weight excluding hydrogens is 196 g/mol. The zero-order valence-corrected chi connectivity index (χ0v) is 8.12. The van der Waals surface area contributed by atoms with Crippen molar-refractivity contribution in [2.24, 2.45) is 0 Å². The number of nitro groups is 1. The summed E-state index contributed by atoms with van der Waals surface area (Å²) in [6.07, 6.45) is -0.795. The zero-order valence-electron chi connectivity index (χ0n) is 8.12. The van der Waals surface area contributed by atoms with Gasteiger partial charge >= 0.3 is 0 Å². The van der Waals surface area contributed by atoms with E-state index in [4.69, 9.17) is 5.26 Å². The van der Waals surface area contributed by atoms with E-state index in [-0.39, 0.29) is 5.69 Å². The summed E-state index contributed by atoms with van der Waals surface area (Å²) in [6, 6.07) is 7.56. The van der Waals surface area contributed by atoms with E-state index < -0.39 is 16.9 Å². The highest BCUT2D eigenvalue weighted by Crippen LogP contribution is 2.21. The smallest absolute Gasteiger partial charge is 0.269 e. The molecule has 0 radical (unpaired) electrons. The molecule has 1 N–H and O–H groups in total. The average molecular weight is 206 g/mol. The maximum absolute atomic E-state index is 10.4. The number of nitriles is 1. The Labute approximate surface area is 86.7 Å². The second-order valence-corrected chi connectivity index (χ2v) is 3.20. The van der Waals surface area contributed by atoms with Crippen LogP contribution in [0.25, 0.3) is 0 Å². The largest absolute Gasteiger partial charge is 0.392 e. The normalized spacial score (nSPS) is 13.9. The Morgan fingerprint density at radius 3 is 2.33 bits per heavy atom. The first-order chi connectivity index (χ1) is 7.06. The first-order valence-corrected chi connectivity index (χ1v) is 4.38. The number of rotatable bonds is 3. The summed E-state index contributed by atoms with van der Waals surface area (Å²) in [6.45, 7) is 1.51.